The van der Waals surface area contributed by atoms with Crippen LogP contribution in [0.3, 0.4) is 0 Å². The number of halogens is 4. The lowest BCUT2D eigenvalue weighted by Gasteiger charge is -2.09. The number of hydrogen-bond donors (Lipinski definition) is 1. The maximum atomic E-state index is 12.2. The Labute approximate surface area is 82.7 Å². The van der Waals surface area contributed by atoms with Crippen molar-refractivity contribution >= 4 is 17.3 Å². The molecule has 0 saturated heterocycles. The molecule has 0 bridgehead atoms. The Hall–Kier alpha value is -1.41. The molecule has 2 nitrogen and oxygen atoms in total. The summed E-state index contributed by atoms with van der Waals surface area (Å²) in [5, 5.41) is 8.32. The fourth-order valence-corrected chi connectivity index (χ4v) is 1.04. The molecular formula is C8H4ClF3N2. The number of alkyl halides is 3. The van der Waals surface area contributed by atoms with Crippen molar-refractivity contribution in [2.75, 3.05) is 5.73 Å². The summed E-state index contributed by atoms with van der Waals surface area (Å²) in [6.07, 6.45) is -4.52. The highest BCUT2D eigenvalue weighted by atomic mass is 35.5. The quantitative estimate of drug-likeness (QED) is 0.684. The molecule has 0 spiro atoms. The number of nitrogen functional groups attached to an aromatic ring is 1. The van der Waals surface area contributed by atoms with E-state index >= 15 is 0 Å². The van der Waals surface area contributed by atoms with Gasteiger partial charge in [-0.25, -0.2) is 0 Å². The number of nitriles is 1. The fraction of sp³-hybridized carbons (Fsp3) is 0.125. The van der Waals surface area contributed by atoms with E-state index in [1.807, 2.05) is 0 Å². The molecule has 0 aliphatic rings. The molecule has 0 saturated carbocycles. The Morgan fingerprint density at radius 1 is 1.36 bits per heavy atom. The van der Waals surface area contributed by atoms with Gasteiger partial charge in [-0.1, -0.05) is 11.6 Å². The summed E-state index contributed by atoms with van der Waals surface area (Å²) >= 11 is 5.50. The van der Waals surface area contributed by atoms with Crippen molar-refractivity contribution in [3.05, 3.63) is 28.3 Å². The molecule has 0 aromatic heterocycles. The first-order chi connectivity index (χ1) is 6.36. The molecule has 6 heteroatoms. The molecule has 14 heavy (non-hydrogen) atoms. The van der Waals surface area contributed by atoms with Crippen LogP contribution in [0.2, 0.25) is 5.02 Å². The second kappa shape index (κ2) is 3.39. The summed E-state index contributed by atoms with van der Waals surface area (Å²) in [5.74, 6) is 0. The van der Waals surface area contributed by atoms with Crippen molar-refractivity contribution in [1.29, 1.82) is 5.26 Å². The van der Waals surface area contributed by atoms with Crippen LogP contribution in [0.5, 0.6) is 0 Å². The zero-order valence-electron chi connectivity index (χ0n) is 6.69. The highest BCUT2D eigenvalue weighted by Crippen LogP contribution is 2.34. The predicted octanol–water partition coefficient (Wildman–Crippen LogP) is 2.81. The van der Waals surface area contributed by atoms with Crippen molar-refractivity contribution in [2.45, 2.75) is 6.18 Å². The molecular weight excluding hydrogens is 217 g/mol. The van der Waals surface area contributed by atoms with Crippen LogP contribution in [0.25, 0.3) is 0 Å². The van der Waals surface area contributed by atoms with Crippen molar-refractivity contribution in [2.24, 2.45) is 0 Å². The Morgan fingerprint density at radius 3 is 2.36 bits per heavy atom. The molecule has 0 heterocycles. The van der Waals surface area contributed by atoms with E-state index in [1.165, 1.54) is 6.07 Å². The summed E-state index contributed by atoms with van der Waals surface area (Å²) < 4.78 is 36.6. The zero-order chi connectivity index (χ0) is 10.9. The first kappa shape index (κ1) is 10.7. The van der Waals surface area contributed by atoms with Crippen LogP contribution in [0.1, 0.15) is 11.1 Å². The van der Waals surface area contributed by atoms with Crippen molar-refractivity contribution in [3.8, 4) is 6.07 Å². The van der Waals surface area contributed by atoms with E-state index in [1.54, 1.807) is 0 Å². The molecule has 0 unspecified atom stereocenters. The number of hydrogen-bond acceptors (Lipinski definition) is 2. The number of anilines is 1. The summed E-state index contributed by atoms with van der Waals surface area (Å²) in [5.41, 5.74) is 3.70. The van der Waals surface area contributed by atoms with Gasteiger partial charge in [0.1, 0.15) is 6.07 Å². The van der Waals surface area contributed by atoms with Crippen molar-refractivity contribution in [1.82, 2.24) is 0 Å². The van der Waals surface area contributed by atoms with Gasteiger partial charge in [0.15, 0.2) is 0 Å². The van der Waals surface area contributed by atoms with Crippen molar-refractivity contribution < 1.29 is 13.2 Å². The van der Waals surface area contributed by atoms with Gasteiger partial charge in [-0.2, -0.15) is 18.4 Å². The van der Waals surface area contributed by atoms with Gasteiger partial charge in [0.05, 0.1) is 21.8 Å². The largest absolute Gasteiger partial charge is 0.416 e. The highest BCUT2D eigenvalue weighted by molar-refractivity contribution is 6.34. The maximum Gasteiger partial charge on any atom is 0.416 e. The van der Waals surface area contributed by atoms with Crippen LogP contribution in [-0.2, 0) is 6.18 Å². The molecule has 0 aliphatic carbocycles. The van der Waals surface area contributed by atoms with E-state index in [9.17, 15) is 13.2 Å². The number of nitrogens with two attached hydrogens (primary N) is 1. The van der Waals surface area contributed by atoms with Gasteiger partial charge in [0.25, 0.3) is 0 Å². The minimum Gasteiger partial charge on any atom is -0.397 e. The van der Waals surface area contributed by atoms with Crippen LogP contribution >= 0.6 is 11.6 Å². The van der Waals surface area contributed by atoms with E-state index in [4.69, 9.17) is 22.6 Å². The van der Waals surface area contributed by atoms with Crippen molar-refractivity contribution in [3.63, 3.8) is 0 Å². The van der Waals surface area contributed by atoms with Gasteiger partial charge in [0.2, 0.25) is 0 Å². The normalized spacial score (nSPS) is 11.1. The summed E-state index contributed by atoms with van der Waals surface area (Å²) in [6.45, 7) is 0. The van der Waals surface area contributed by atoms with E-state index in [-0.39, 0.29) is 16.3 Å². The summed E-state index contributed by atoms with van der Waals surface area (Å²) in [4.78, 5) is 0. The first-order valence-corrected chi connectivity index (χ1v) is 3.80. The third kappa shape index (κ3) is 1.91. The van der Waals surface area contributed by atoms with Gasteiger partial charge in [0, 0.05) is 0 Å². The summed E-state index contributed by atoms with van der Waals surface area (Å²) in [7, 11) is 0. The van der Waals surface area contributed by atoms with Crippen LogP contribution in [0.4, 0.5) is 18.9 Å². The molecule has 0 amide bonds. The van der Waals surface area contributed by atoms with E-state index < -0.39 is 11.7 Å². The number of nitrogens with zero attached hydrogens (tertiary/aromatic N) is 1. The Bertz CT molecular complexity index is 406. The van der Waals surface area contributed by atoms with Crippen LogP contribution in [0.15, 0.2) is 12.1 Å². The van der Waals surface area contributed by atoms with Gasteiger partial charge in [-0.15, -0.1) is 0 Å². The Balaban J connectivity index is 3.40. The molecule has 0 fully saturated rings. The van der Waals surface area contributed by atoms with Gasteiger partial charge >= 0.3 is 6.18 Å². The summed E-state index contributed by atoms with van der Waals surface area (Å²) in [6, 6.07) is 2.90. The molecule has 0 radical (unpaired) electrons. The Kier molecular flexibility index (Phi) is 2.58. The van der Waals surface area contributed by atoms with E-state index in [2.05, 4.69) is 0 Å². The van der Waals surface area contributed by atoms with Gasteiger partial charge in [-0.3, -0.25) is 0 Å². The predicted molar refractivity (Wildman–Crippen MR) is 45.6 cm³/mol. The molecule has 1 rings (SSSR count). The molecule has 1 aromatic carbocycles. The van der Waals surface area contributed by atoms with Gasteiger partial charge in [-0.05, 0) is 12.1 Å². The average molecular weight is 221 g/mol. The van der Waals surface area contributed by atoms with Gasteiger partial charge < -0.3 is 5.73 Å². The number of benzene rings is 1. The molecule has 0 aliphatic heterocycles. The lowest BCUT2D eigenvalue weighted by Crippen LogP contribution is -2.06. The second-order valence-corrected chi connectivity index (χ2v) is 2.91. The van der Waals surface area contributed by atoms with E-state index in [0.717, 1.165) is 0 Å². The second-order valence-electron chi connectivity index (χ2n) is 2.54. The maximum absolute atomic E-state index is 12.2. The lowest BCUT2D eigenvalue weighted by molar-refractivity contribution is -0.137. The fourth-order valence-electron chi connectivity index (χ4n) is 0.892. The lowest BCUT2D eigenvalue weighted by atomic mass is 10.1. The molecule has 0 atom stereocenters. The molecule has 1 aromatic rings. The third-order valence-corrected chi connectivity index (χ3v) is 1.97. The highest BCUT2D eigenvalue weighted by Gasteiger charge is 2.31. The standard InChI is InChI=1S/C8H4ClF3N2/c9-7-4(3-13)1-5(2-6(7)14)8(10,11)12/h1-2H,14H2. The van der Waals surface area contributed by atoms with Crippen LogP contribution in [-0.4, -0.2) is 0 Å². The number of rotatable bonds is 0. The topological polar surface area (TPSA) is 49.8 Å². The van der Waals surface area contributed by atoms with Crippen LogP contribution in [0, 0.1) is 11.3 Å². The minimum atomic E-state index is -4.52. The third-order valence-electron chi connectivity index (χ3n) is 1.55. The first-order valence-electron chi connectivity index (χ1n) is 3.42. The van der Waals surface area contributed by atoms with Crippen LogP contribution < -0.4 is 5.73 Å². The minimum absolute atomic E-state index is 0.152. The molecule has 2 N–H and O–H groups in total. The SMILES string of the molecule is N#Cc1cc(C(F)(F)F)cc(N)c1Cl. The van der Waals surface area contributed by atoms with E-state index in [0.29, 0.717) is 12.1 Å². The zero-order valence-corrected chi connectivity index (χ0v) is 7.45. The Morgan fingerprint density at radius 2 is 1.93 bits per heavy atom. The monoisotopic (exact) mass is 220 g/mol. The molecule has 74 valence electrons. The average Bonchev–Trinajstić information content (AvgIpc) is 2.07. The smallest absolute Gasteiger partial charge is 0.397 e.